The molecule has 0 spiro atoms. The second-order valence-corrected chi connectivity index (χ2v) is 4.92. The third-order valence-corrected chi connectivity index (χ3v) is 2.87. The summed E-state index contributed by atoms with van der Waals surface area (Å²) in [5, 5.41) is 24.3. The summed E-state index contributed by atoms with van der Waals surface area (Å²) in [6.45, 7) is 3.83. The van der Waals surface area contributed by atoms with Gasteiger partial charge in [-0.15, -0.1) is 0 Å². The molecule has 0 radical (unpaired) electrons. The molecule has 4 nitrogen and oxygen atoms in total. The van der Waals surface area contributed by atoms with E-state index in [1.807, 2.05) is 0 Å². The lowest BCUT2D eigenvalue weighted by atomic mass is 10.1. The first-order chi connectivity index (χ1) is 9.06. The molecule has 0 aromatic rings. The highest BCUT2D eigenvalue weighted by molar-refractivity contribution is 5.71. The molecular weight excluding hydrogens is 244 g/mol. The summed E-state index contributed by atoms with van der Waals surface area (Å²) < 4.78 is 0. The smallest absolute Gasteiger partial charge is 0.332 e. The minimum Gasteiger partial charge on any atom is -0.479 e. The molecule has 0 aliphatic heterocycles. The van der Waals surface area contributed by atoms with Crippen LogP contribution in [0.4, 0.5) is 0 Å². The van der Waals surface area contributed by atoms with Crippen LogP contribution in [-0.2, 0) is 4.79 Å². The van der Waals surface area contributed by atoms with Gasteiger partial charge < -0.3 is 15.3 Å². The van der Waals surface area contributed by atoms with E-state index in [9.17, 15) is 4.79 Å². The second kappa shape index (κ2) is 17.4. The van der Waals surface area contributed by atoms with Crippen LogP contribution >= 0.6 is 0 Å². The molecule has 116 valence electrons. The lowest BCUT2D eigenvalue weighted by Crippen LogP contribution is -2.13. The summed E-state index contributed by atoms with van der Waals surface area (Å²) in [5.41, 5.74) is 0. The van der Waals surface area contributed by atoms with Gasteiger partial charge in [0.25, 0.3) is 0 Å². The molecule has 4 heteroatoms. The normalized spacial score (nSPS) is 11.6. The van der Waals surface area contributed by atoms with Crippen molar-refractivity contribution >= 4 is 5.97 Å². The van der Waals surface area contributed by atoms with Crippen LogP contribution in [-0.4, -0.2) is 34.0 Å². The third-order valence-electron chi connectivity index (χ3n) is 2.87. The predicted octanol–water partition coefficient (Wildman–Crippen LogP) is 3.35. The fourth-order valence-corrected chi connectivity index (χ4v) is 1.60. The molecule has 0 aromatic carbocycles. The maximum Gasteiger partial charge on any atom is 0.332 e. The van der Waals surface area contributed by atoms with Crippen LogP contribution in [0.1, 0.15) is 78.1 Å². The van der Waals surface area contributed by atoms with Gasteiger partial charge in [-0.1, -0.05) is 64.7 Å². The predicted molar refractivity (Wildman–Crippen MR) is 78.2 cm³/mol. The lowest BCUT2D eigenvalue weighted by Gasteiger charge is -2.00. The maximum atomic E-state index is 9.45. The van der Waals surface area contributed by atoms with Gasteiger partial charge in [-0.2, -0.15) is 0 Å². The minimum absolute atomic E-state index is 0.372. The van der Waals surface area contributed by atoms with Crippen LogP contribution in [0.25, 0.3) is 0 Å². The molecule has 0 aromatic heterocycles. The van der Waals surface area contributed by atoms with Gasteiger partial charge in [0.2, 0.25) is 0 Å². The number of aliphatic carboxylic acids is 1. The van der Waals surface area contributed by atoms with Crippen molar-refractivity contribution in [3.05, 3.63) is 0 Å². The lowest BCUT2D eigenvalue weighted by molar-refractivity contribution is -0.145. The Balaban J connectivity index is 0. The Kier molecular flexibility index (Phi) is 18.9. The Morgan fingerprint density at radius 2 is 1.21 bits per heavy atom. The highest BCUT2D eigenvalue weighted by Crippen LogP contribution is 2.09. The van der Waals surface area contributed by atoms with Gasteiger partial charge in [0, 0.05) is 6.61 Å². The van der Waals surface area contributed by atoms with Gasteiger partial charge >= 0.3 is 5.97 Å². The van der Waals surface area contributed by atoms with Gasteiger partial charge in [0.1, 0.15) is 6.10 Å². The van der Waals surface area contributed by atoms with E-state index >= 15 is 0 Å². The SMILES string of the molecule is CC(O)C(=O)O.CCCCCCCCCCCCO. The zero-order valence-electron chi connectivity index (χ0n) is 12.6. The van der Waals surface area contributed by atoms with Crippen molar-refractivity contribution in [2.75, 3.05) is 6.61 Å². The molecule has 0 amide bonds. The van der Waals surface area contributed by atoms with Crippen molar-refractivity contribution in [2.45, 2.75) is 84.2 Å². The average molecular weight is 276 g/mol. The van der Waals surface area contributed by atoms with E-state index in [0.717, 1.165) is 6.42 Å². The van der Waals surface area contributed by atoms with Crippen molar-refractivity contribution in [3.63, 3.8) is 0 Å². The molecule has 19 heavy (non-hydrogen) atoms. The summed E-state index contributed by atoms with van der Waals surface area (Å²) in [4.78, 5) is 9.45. The average Bonchev–Trinajstić information content (AvgIpc) is 2.37. The number of rotatable bonds is 11. The molecule has 0 rings (SSSR count). The monoisotopic (exact) mass is 276 g/mol. The van der Waals surface area contributed by atoms with Crippen molar-refractivity contribution in [1.29, 1.82) is 0 Å². The molecule has 0 saturated carbocycles. The Morgan fingerprint density at radius 3 is 1.47 bits per heavy atom. The summed E-state index contributed by atoms with van der Waals surface area (Å²) in [7, 11) is 0. The van der Waals surface area contributed by atoms with Crippen LogP contribution in [0.15, 0.2) is 0 Å². The fourth-order valence-electron chi connectivity index (χ4n) is 1.60. The molecule has 0 saturated heterocycles. The summed E-state index contributed by atoms with van der Waals surface area (Å²) in [5.74, 6) is -1.19. The van der Waals surface area contributed by atoms with E-state index in [-0.39, 0.29) is 0 Å². The highest BCUT2D eigenvalue weighted by Gasteiger charge is 2.01. The van der Waals surface area contributed by atoms with E-state index < -0.39 is 12.1 Å². The van der Waals surface area contributed by atoms with Gasteiger partial charge in [-0.25, -0.2) is 4.79 Å². The van der Waals surface area contributed by atoms with Crippen molar-refractivity contribution in [3.8, 4) is 0 Å². The molecule has 0 aliphatic rings. The standard InChI is InChI=1S/C12H26O.C3H6O3/c1-2-3-4-5-6-7-8-9-10-11-12-13;1-2(4)3(5)6/h13H,2-12H2,1H3;2,4H,1H3,(H,5,6). The number of carboxylic acid groups (broad SMARTS) is 1. The molecule has 0 bridgehead atoms. The Bertz CT molecular complexity index is 171. The van der Waals surface area contributed by atoms with Gasteiger partial charge in [-0.05, 0) is 13.3 Å². The summed E-state index contributed by atoms with van der Waals surface area (Å²) in [6.07, 6.45) is 12.1. The van der Waals surface area contributed by atoms with Crippen molar-refractivity contribution < 1.29 is 20.1 Å². The number of unbranched alkanes of at least 4 members (excludes halogenated alkanes) is 9. The quantitative estimate of drug-likeness (QED) is 0.506. The second-order valence-electron chi connectivity index (χ2n) is 4.92. The number of hydrogen-bond donors (Lipinski definition) is 3. The van der Waals surface area contributed by atoms with E-state index in [1.165, 1.54) is 64.7 Å². The number of carbonyl (C=O) groups is 1. The van der Waals surface area contributed by atoms with Gasteiger partial charge in [0.05, 0.1) is 0 Å². The number of hydrogen-bond acceptors (Lipinski definition) is 3. The summed E-state index contributed by atoms with van der Waals surface area (Å²) in [6, 6.07) is 0. The van der Waals surface area contributed by atoms with E-state index in [2.05, 4.69) is 6.92 Å². The zero-order valence-corrected chi connectivity index (χ0v) is 12.6. The molecular formula is C15H32O4. The first kappa shape index (κ1) is 20.7. The van der Waals surface area contributed by atoms with E-state index in [1.54, 1.807) is 0 Å². The molecule has 1 unspecified atom stereocenters. The zero-order chi connectivity index (χ0) is 14.9. The maximum absolute atomic E-state index is 9.45. The molecule has 0 heterocycles. The van der Waals surface area contributed by atoms with Crippen LogP contribution in [0.5, 0.6) is 0 Å². The van der Waals surface area contributed by atoms with Crippen LogP contribution in [0.3, 0.4) is 0 Å². The Labute approximate surface area is 117 Å². The van der Waals surface area contributed by atoms with Crippen molar-refractivity contribution in [2.24, 2.45) is 0 Å². The molecule has 1 atom stereocenters. The number of carboxylic acids is 1. The summed E-state index contributed by atoms with van der Waals surface area (Å²) >= 11 is 0. The van der Waals surface area contributed by atoms with Crippen LogP contribution in [0.2, 0.25) is 0 Å². The van der Waals surface area contributed by atoms with Crippen molar-refractivity contribution in [1.82, 2.24) is 0 Å². The Hall–Kier alpha value is -0.610. The van der Waals surface area contributed by atoms with E-state index in [0.29, 0.717) is 6.61 Å². The Morgan fingerprint density at radius 1 is 0.895 bits per heavy atom. The fraction of sp³-hybridized carbons (Fsp3) is 0.933. The molecule has 0 aliphatic carbocycles. The third kappa shape index (κ3) is 23.0. The molecule has 0 fully saturated rings. The topological polar surface area (TPSA) is 77.8 Å². The largest absolute Gasteiger partial charge is 0.479 e. The minimum atomic E-state index is -1.23. The number of aliphatic hydroxyl groups excluding tert-OH is 2. The highest BCUT2D eigenvalue weighted by atomic mass is 16.4. The van der Waals surface area contributed by atoms with Crippen LogP contribution in [0, 0.1) is 0 Å². The van der Waals surface area contributed by atoms with Crippen LogP contribution < -0.4 is 0 Å². The first-order valence-electron chi connectivity index (χ1n) is 7.58. The van der Waals surface area contributed by atoms with Gasteiger partial charge in [0.15, 0.2) is 0 Å². The first-order valence-corrected chi connectivity index (χ1v) is 7.58. The number of aliphatic hydroxyl groups is 2. The van der Waals surface area contributed by atoms with E-state index in [4.69, 9.17) is 15.3 Å². The molecule has 3 N–H and O–H groups in total. The van der Waals surface area contributed by atoms with Gasteiger partial charge in [-0.3, -0.25) is 0 Å².